The first-order valence-corrected chi connectivity index (χ1v) is 12.8. The van der Waals surface area contributed by atoms with E-state index in [1.165, 1.54) is 0 Å². The molecule has 3 N–H and O–H groups in total. The number of sulfonamides is 1. The molecule has 0 saturated carbocycles. The van der Waals surface area contributed by atoms with E-state index >= 15 is 0 Å². The van der Waals surface area contributed by atoms with Crippen LogP contribution in [0.3, 0.4) is 0 Å². The Morgan fingerprint density at radius 2 is 1.83 bits per heavy atom. The molecule has 3 aromatic rings. The number of rotatable bonds is 8. The molecule has 0 bridgehead atoms. The molecule has 0 unspecified atom stereocenters. The Morgan fingerprint density at radius 3 is 2.46 bits per heavy atom. The molecule has 0 fully saturated rings. The molecule has 0 amide bonds. The van der Waals surface area contributed by atoms with Crippen LogP contribution in [0.15, 0.2) is 83.8 Å². The minimum absolute atomic E-state index is 0.0265. The SMILES string of the molecule is C/C=C\C[C@@H]1Cc2cc(S(=O)(=O)Nc3ccc(OC)cc3)ccc2N[C@@H]1c1ccc(C(=O)O)cc1. The van der Waals surface area contributed by atoms with Crippen LogP contribution >= 0.6 is 0 Å². The van der Waals surface area contributed by atoms with Crippen molar-refractivity contribution >= 4 is 27.4 Å². The van der Waals surface area contributed by atoms with Gasteiger partial charge in [0.2, 0.25) is 0 Å². The highest BCUT2D eigenvalue weighted by Crippen LogP contribution is 2.39. The van der Waals surface area contributed by atoms with Crippen LogP contribution in [0.4, 0.5) is 11.4 Å². The molecule has 2 atom stereocenters. The molecule has 3 aromatic carbocycles. The smallest absolute Gasteiger partial charge is 0.335 e. The molecule has 1 heterocycles. The zero-order valence-corrected chi connectivity index (χ0v) is 20.4. The fraction of sp³-hybridized carbons (Fsp3) is 0.222. The molecule has 0 spiro atoms. The first kappa shape index (κ1) is 24.3. The van der Waals surface area contributed by atoms with Gasteiger partial charge in [0.05, 0.1) is 23.6 Å². The monoisotopic (exact) mass is 492 g/mol. The second kappa shape index (κ2) is 10.2. The van der Waals surface area contributed by atoms with E-state index in [0.29, 0.717) is 17.9 Å². The maximum Gasteiger partial charge on any atom is 0.335 e. The topological polar surface area (TPSA) is 105 Å². The average molecular weight is 493 g/mol. The number of hydrogen-bond acceptors (Lipinski definition) is 5. The van der Waals surface area contributed by atoms with Gasteiger partial charge in [0.15, 0.2) is 0 Å². The van der Waals surface area contributed by atoms with Crippen molar-refractivity contribution in [3.05, 3.63) is 95.6 Å². The number of allylic oxidation sites excluding steroid dienone is 2. The van der Waals surface area contributed by atoms with E-state index in [1.807, 2.05) is 25.1 Å². The molecule has 0 aromatic heterocycles. The second-order valence-corrected chi connectivity index (χ2v) is 10.2. The number of methoxy groups -OCH3 is 1. The summed E-state index contributed by atoms with van der Waals surface area (Å²) in [5, 5.41) is 12.8. The average Bonchev–Trinajstić information content (AvgIpc) is 2.86. The van der Waals surface area contributed by atoms with Crippen molar-refractivity contribution in [3.8, 4) is 5.75 Å². The maximum atomic E-state index is 13.0. The van der Waals surface area contributed by atoms with E-state index in [0.717, 1.165) is 23.2 Å². The van der Waals surface area contributed by atoms with Gasteiger partial charge in [-0.25, -0.2) is 13.2 Å². The summed E-state index contributed by atoms with van der Waals surface area (Å²) in [6.45, 7) is 1.97. The number of aromatic carboxylic acids is 1. The Bertz CT molecular complexity index is 1330. The Kier molecular flexibility index (Phi) is 7.12. The number of benzene rings is 3. The number of carboxylic acid groups (broad SMARTS) is 1. The largest absolute Gasteiger partial charge is 0.497 e. The van der Waals surface area contributed by atoms with Crippen LogP contribution in [0.5, 0.6) is 5.75 Å². The van der Waals surface area contributed by atoms with Crippen molar-refractivity contribution in [2.24, 2.45) is 5.92 Å². The van der Waals surface area contributed by atoms with Gasteiger partial charge in [0.25, 0.3) is 10.0 Å². The molecular formula is C27H28N2O5S. The number of carboxylic acids is 1. The molecular weight excluding hydrogens is 464 g/mol. The van der Waals surface area contributed by atoms with Crippen molar-refractivity contribution in [3.63, 3.8) is 0 Å². The van der Waals surface area contributed by atoms with Gasteiger partial charge in [0.1, 0.15) is 5.75 Å². The lowest BCUT2D eigenvalue weighted by molar-refractivity contribution is 0.0697. The van der Waals surface area contributed by atoms with Crippen molar-refractivity contribution in [1.82, 2.24) is 0 Å². The number of hydrogen-bond donors (Lipinski definition) is 3. The summed E-state index contributed by atoms with van der Waals surface area (Å²) in [5.41, 5.74) is 3.49. The predicted octanol–water partition coefficient (Wildman–Crippen LogP) is 5.49. The zero-order chi connectivity index (χ0) is 25.0. The first-order valence-electron chi connectivity index (χ1n) is 11.3. The van der Waals surface area contributed by atoms with Crippen molar-refractivity contribution in [1.29, 1.82) is 0 Å². The van der Waals surface area contributed by atoms with E-state index in [9.17, 15) is 18.3 Å². The van der Waals surface area contributed by atoms with Crippen molar-refractivity contribution < 1.29 is 23.1 Å². The first-order chi connectivity index (χ1) is 16.8. The van der Waals surface area contributed by atoms with E-state index in [2.05, 4.69) is 16.1 Å². The summed E-state index contributed by atoms with van der Waals surface area (Å²) >= 11 is 0. The third-order valence-electron chi connectivity index (χ3n) is 6.19. The van der Waals surface area contributed by atoms with Gasteiger partial charge < -0.3 is 15.2 Å². The van der Waals surface area contributed by atoms with Crippen LogP contribution < -0.4 is 14.8 Å². The van der Waals surface area contributed by atoms with E-state index in [-0.39, 0.29) is 22.4 Å². The second-order valence-electron chi connectivity index (χ2n) is 8.47. The highest BCUT2D eigenvalue weighted by Gasteiger charge is 2.30. The molecule has 0 aliphatic carbocycles. The molecule has 35 heavy (non-hydrogen) atoms. The number of ether oxygens (including phenoxy) is 1. The van der Waals surface area contributed by atoms with Gasteiger partial charge >= 0.3 is 5.97 Å². The van der Waals surface area contributed by atoms with Crippen LogP contribution in [-0.2, 0) is 16.4 Å². The molecule has 4 rings (SSSR count). The minimum Gasteiger partial charge on any atom is -0.497 e. The summed E-state index contributed by atoms with van der Waals surface area (Å²) in [4.78, 5) is 11.4. The molecule has 1 aliphatic heterocycles. The van der Waals surface area contributed by atoms with Crippen molar-refractivity contribution in [2.75, 3.05) is 17.1 Å². The Morgan fingerprint density at radius 1 is 1.11 bits per heavy atom. The molecule has 1 aliphatic rings. The van der Waals surface area contributed by atoms with Crippen LogP contribution in [0.2, 0.25) is 0 Å². The lowest BCUT2D eigenvalue weighted by Crippen LogP contribution is -2.28. The summed E-state index contributed by atoms with van der Waals surface area (Å²) in [5.74, 6) is -0.144. The summed E-state index contributed by atoms with van der Waals surface area (Å²) < 4.78 is 33.8. The van der Waals surface area contributed by atoms with Gasteiger partial charge in [0, 0.05) is 11.4 Å². The van der Waals surface area contributed by atoms with E-state index in [1.54, 1.807) is 61.7 Å². The lowest BCUT2D eigenvalue weighted by Gasteiger charge is -2.35. The normalized spacial score (nSPS) is 17.4. The lowest BCUT2D eigenvalue weighted by atomic mass is 9.81. The number of fused-ring (bicyclic) bond motifs is 1. The molecule has 7 nitrogen and oxygen atoms in total. The van der Waals surface area contributed by atoms with Crippen LogP contribution in [0.1, 0.15) is 40.9 Å². The zero-order valence-electron chi connectivity index (χ0n) is 19.6. The van der Waals surface area contributed by atoms with Crippen LogP contribution in [0, 0.1) is 5.92 Å². The summed E-state index contributed by atoms with van der Waals surface area (Å²) in [7, 11) is -2.21. The highest BCUT2D eigenvalue weighted by molar-refractivity contribution is 7.92. The Labute approximate surface area is 205 Å². The van der Waals surface area contributed by atoms with Crippen molar-refractivity contribution in [2.45, 2.75) is 30.7 Å². The van der Waals surface area contributed by atoms with Gasteiger partial charge in [-0.15, -0.1) is 0 Å². The number of carbonyl (C=O) groups is 1. The maximum absolute atomic E-state index is 13.0. The molecule has 0 radical (unpaired) electrons. The third-order valence-corrected chi connectivity index (χ3v) is 7.56. The standard InChI is InChI=1S/C27H28N2O5S/c1-3-4-5-20-16-21-17-24(35(32,33)29-22-10-12-23(34-2)13-11-22)14-15-25(21)28-26(20)18-6-8-19(9-7-18)27(30)31/h3-4,6-15,17,20,26,28-29H,5,16H2,1-2H3,(H,30,31)/b4-3-/t20-,26-/m1/s1. The Balaban J connectivity index is 1.61. The van der Waals surface area contributed by atoms with Gasteiger partial charge in [-0.2, -0.15) is 0 Å². The molecule has 0 saturated heterocycles. The summed E-state index contributed by atoms with van der Waals surface area (Å²) in [6.07, 6.45) is 5.58. The number of anilines is 2. The van der Waals surface area contributed by atoms with Crippen LogP contribution in [0.25, 0.3) is 0 Å². The van der Waals surface area contributed by atoms with Gasteiger partial charge in [-0.05, 0) is 91.4 Å². The number of nitrogens with one attached hydrogen (secondary N) is 2. The molecule has 8 heteroatoms. The van der Waals surface area contributed by atoms with E-state index < -0.39 is 16.0 Å². The third kappa shape index (κ3) is 5.49. The predicted molar refractivity (Wildman–Crippen MR) is 137 cm³/mol. The van der Waals surface area contributed by atoms with Gasteiger partial charge in [-0.1, -0.05) is 24.3 Å². The Hall–Kier alpha value is -3.78. The van der Waals surface area contributed by atoms with Gasteiger partial charge in [-0.3, -0.25) is 4.72 Å². The molecule has 182 valence electrons. The fourth-order valence-electron chi connectivity index (χ4n) is 4.32. The fourth-order valence-corrected chi connectivity index (χ4v) is 5.43. The highest BCUT2D eigenvalue weighted by atomic mass is 32.2. The quantitative estimate of drug-likeness (QED) is 0.360. The summed E-state index contributed by atoms with van der Waals surface area (Å²) in [6, 6.07) is 18.7. The van der Waals surface area contributed by atoms with E-state index in [4.69, 9.17) is 4.74 Å². The minimum atomic E-state index is -3.77. The van der Waals surface area contributed by atoms with Crippen LogP contribution in [-0.4, -0.2) is 26.6 Å².